The van der Waals surface area contributed by atoms with E-state index in [1.54, 1.807) is 0 Å². The first-order chi connectivity index (χ1) is 17.3. The van der Waals surface area contributed by atoms with Gasteiger partial charge in [0.05, 0.1) is 0 Å². The third kappa shape index (κ3) is 6.79. The summed E-state index contributed by atoms with van der Waals surface area (Å²) in [6, 6.07) is 9.00. The number of hydrogen-bond acceptors (Lipinski definition) is 2. The van der Waals surface area contributed by atoms with Crippen molar-refractivity contribution in [2.24, 2.45) is 0 Å². The summed E-state index contributed by atoms with van der Waals surface area (Å²) in [6.45, 7) is 17.8. The molecular formula is C32H48O2S2Ti. The molecule has 4 unspecified atom stereocenters. The van der Waals surface area contributed by atoms with Gasteiger partial charge in [0.25, 0.3) is 0 Å². The molecule has 2 aromatic rings. The molecule has 1 aliphatic heterocycles. The molecule has 2 aromatic carbocycles. The first-order valence-corrected chi connectivity index (χ1v) is 20.8. The summed E-state index contributed by atoms with van der Waals surface area (Å²) in [5.74, 6) is 3.20. The van der Waals surface area contributed by atoms with Gasteiger partial charge in [-0.15, -0.1) is 0 Å². The Labute approximate surface area is 236 Å². The molecule has 4 rings (SSSR count). The van der Waals surface area contributed by atoms with Crippen LogP contribution in [0.15, 0.2) is 24.3 Å². The molecule has 0 bridgehead atoms. The second-order valence-corrected chi connectivity index (χ2v) is 24.8. The van der Waals surface area contributed by atoms with Crippen molar-refractivity contribution in [1.29, 1.82) is 0 Å². The monoisotopic (exact) mass is 576 g/mol. The number of fused-ring (bicyclic) bond motifs is 1. The molecule has 1 saturated carbocycles. The number of rotatable bonds is 4. The number of aryl methyl sites for hydroxylation is 2. The van der Waals surface area contributed by atoms with E-state index in [4.69, 9.17) is 0 Å². The van der Waals surface area contributed by atoms with Gasteiger partial charge in [0, 0.05) is 0 Å². The Morgan fingerprint density at radius 3 is 1.41 bits per heavy atom. The summed E-state index contributed by atoms with van der Waals surface area (Å²) < 4.78 is 0. The topological polar surface area (TPSA) is 40.5 Å². The molecule has 2 aliphatic rings. The Bertz CT molecular complexity index is 1150. The van der Waals surface area contributed by atoms with Crippen molar-refractivity contribution >= 4 is 15.9 Å². The van der Waals surface area contributed by atoms with Crippen LogP contribution in [0.2, 0.25) is 0 Å². The molecule has 0 aromatic heterocycles. The molecule has 2 nitrogen and oxygen atoms in total. The number of phenolic OH excluding ortho intramolecular Hbond substituents is 2. The van der Waals surface area contributed by atoms with Gasteiger partial charge >= 0.3 is 237 Å². The Hall–Kier alpha value is -0.546. The molecule has 2 N–H and O–H groups in total. The quantitative estimate of drug-likeness (QED) is 0.356. The van der Waals surface area contributed by atoms with Gasteiger partial charge in [0.2, 0.25) is 0 Å². The summed E-state index contributed by atoms with van der Waals surface area (Å²) in [6.07, 6.45) is 8.23. The average molecular weight is 577 g/mol. The van der Waals surface area contributed by atoms with Crippen LogP contribution in [-0.2, 0) is 37.8 Å². The van der Waals surface area contributed by atoms with Crippen LogP contribution in [-0.4, -0.2) is 20.7 Å². The van der Waals surface area contributed by atoms with Crippen LogP contribution in [0.3, 0.4) is 0 Å². The van der Waals surface area contributed by atoms with Gasteiger partial charge in [-0.25, -0.2) is 0 Å². The van der Waals surface area contributed by atoms with E-state index >= 15 is 0 Å². The number of aromatic hydroxyl groups is 2. The fraction of sp³-hybridized carbons (Fsp3) is 0.625. The molecule has 0 radical (unpaired) electrons. The predicted octanol–water partition coefficient (Wildman–Crippen LogP) is 9.57. The van der Waals surface area contributed by atoms with Crippen LogP contribution < -0.4 is 0 Å². The second kappa shape index (κ2) is 11.5. The van der Waals surface area contributed by atoms with Crippen LogP contribution in [0, 0.1) is 13.8 Å². The van der Waals surface area contributed by atoms with E-state index in [0.29, 0.717) is 27.4 Å². The van der Waals surface area contributed by atoms with Crippen molar-refractivity contribution in [3.63, 3.8) is 0 Å². The Balaban J connectivity index is 1.77. The molecule has 1 aliphatic carbocycles. The molecule has 37 heavy (non-hydrogen) atoms. The van der Waals surface area contributed by atoms with E-state index in [2.05, 4.69) is 79.7 Å². The minimum absolute atomic E-state index is 0.0861. The van der Waals surface area contributed by atoms with Crippen LogP contribution in [0.1, 0.15) is 113 Å². The van der Waals surface area contributed by atoms with E-state index in [1.165, 1.54) is 60.8 Å². The number of hydrogen-bond donors (Lipinski definition) is 2. The minimum atomic E-state index is -0.181. The van der Waals surface area contributed by atoms with Crippen LogP contribution in [0.25, 0.3) is 0 Å². The molecule has 0 spiro atoms. The third-order valence-corrected chi connectivity index (χ3v) is 24.1. The van der Waals surface area contributed by atoms with Crippen molar-refractivity contribution < 1.29 is 25.7 Å². The van der Waals surface area contributed by atoms with Gasteiger partial charge in [-0.05, 0) is 0 Å². The Kier molecular flexibility index (Phi) is 9.16. The standard InChI is InChI=1S/C32H48O2S2.Ti/c1-21-15-25(31(3,4)5)17-23(29(21)33)19-35-27-13-11-9-10-12-14-28(27)36-20-24-18-26(32(6,7)8)16-22(2)30(24)34;/h15-18,27-28,33-34H,9-14,19-20H2,1-8H3;. The van der Waals surface area contributed by atoms with E-state index in [9.17, 15) is 10.2 Å². The van der Waals surface area contributed by atoms with Crippen molar-refractivity contribution in [1.82, 2.24) is 0 Å². The van der Waals surface area contributed by atoms with Crippen molar-refractivity contribution in [2.75, 3.05) is 0 Å². The molecule has 1 heterocycles. The summed E-state index contributed by atoms with van der Waals surface area (Å²) in [4.78, 5) is 0. The summed E-state index contributed by atoms with van der Waals surface area (Å²) in [7, 11) is 0.781. The summed E-state index contributed by atoms with van der Waals surface area (Å²) in [5.41, 5.74) is 7.29. The van der Waals surface area contributed by atoms with Gasteiger partial charge < -0.3 is 0 Å². The molecule has 4 atom stereocenters. The molecular weight excluding hydrogens is 528 g/mol. The second-order valence-electron chi connectivity index (χ2n) is 13.4. The van der Waals surface area contributed by atoms with E-state index in [1.807, 2.05) is 0 Å². The van der Waals surface area contributed by atoms with E-state index < -0.39 is 0 Å². The normalized spacial score (nSPS) is 24.5. The van der Waals surface area contributed by atoms with Gasteiger partial charge in [0.15, 0.2) is 0 Å². The van der Waals surface area contributed by atoms with E-state index in [-0.39, 0.29) is 26.3 Å². The zero-order valence-corrected chi connectivity index (χ0v) is 27.5. The van der Waals surface area contributed by atoms with Crippen molar-refractivity contribution in [3.05, 3.63) is 57.6 Å². The SMILES string of the molecule is Cc1cc(C(C)(C)C)cc(C[S]2=[Ti]=[S](Cc3cc(C(C)(C)C)cc(C)c3O)C3CCCCCCC32)c1O. The van der Waals surface area contributed by atoms with E-state index in [0.717, 1.165) is 33.1 Å². The Morgan fingerprint density at radius 1 is 0.676 bits per heavy atom. The van der Waals surface area contributed by atoms with Gasteiger partial charge in [-0.3, -0.25) is 0 Å². The maximum atomic E-state index is 11.1. The summed E-state index contributed by atoms with van der Waals surface area (Å²) >= 11 is -0.181. The molecule has 1 fully saturated rings. The Morgan fingerprint density at radius 2 is 1.05 bits per heavy atom. The van der Waals surface area contributed by atoms with Gasteiger partial charge in [0.1, 0.15) is 0 Å². The van der Waals surface area contributed by atoms with Gasteiger partial charge in [-0.1, -0.05) is 0 Å². The van der Waals surface area contributed by atoms with Crippen LogP contribution in [0.4, 0.5) is 0 Å². The van der Waals surface area contributed by atoms with Gasteiger partial charge in [-0.2, -0.15) is 0 Å². The number of phenols is 2. The molecule has 204 valence electrons. The zero-order valence-electron chi connectivity index (χ0n) is 24.3. The predicted molar refractivity (Wildman–Crippen MR) is 161 cm³/mol. The van der Waals surface area contributed by atoms with Crippen LogP contribution >= 0.6 is 15.9 Å². The fourth-order valence-corrected chi connectivity index (χ4v) is 26.6. The first-order valence-electron chi connectivity index (χ1n) is 14.1. The average Bonchev–Trinajstić information content (AvgIpc) is 3.07. The van der Waals surface area contributed by atoms with Crippen LogP contribution in [0.5, 0.6) is 11.5 Å². The van der Waals surface area contributed by atoms with Crippen molar-refractivity contribution in [3.8, 4) is 11.5 Å². The third-order valence-electron chi connectivity index (χ3n) is 8.20. The maximum absolute atomic E-state index is 11.1. The summed E-state index contributed by atoms with van der Waals surface area (Å²) in [5, 5.41) is 23.8. The fourth-order valence-electron chi connectivity index (χ4n) is 5.73. The van der Waals surface area contributed by atoms with Crippen molar-refractivity contribution in [2.45, 2.75) is 127 Å². The molecule has 5 heteroatoms. The molecule has 0 amide bonds. The zero-order chi connectivity index (χ0) is 27.1. The number of benzene rings is 2. The first kappa shape index (κ1) is 29.4. The molecule has 0 saturated heterocycles.